The monoisotopic (exact) mass is 298 g/mol. The maximum Gasteiger partial charge on any atom is 0.313 e. The first-order chi connectivity index (χ1) is 9.65. The Kier molecular flexibility index (Phi) is 5.42. The first kappa shape index (κ1) is 15.3. The molecule has 1 unspecified atom stereocenters. The van der Waals surface area contributed by atoms with Crippen molar-refractivity contribution in [3.05, 3.63) is 5.82 Å². The number of hydrogen-bond acceptors (Lipinski definition) is 5. The molecule has 2 heterocycles. The number of likely N-dealkylation sites (tertiary alicyclic amines) is 1. The number of rotatable bonds is 6. The normalized spacial score (nSPS) is 20.2. The second-order valence-corrected chi connectivity index (χ2v) is 5.94. The Morgan fingerprint density at radius 2 is 2.25 bits per heavy atom. The van der Waals surface area contributed by atoms with Gasteiger partial charge in [0.15, 0.2) is 5.16 Å². The van der Waals surface area contributed by atoms with Crippen molar-refractivity contribution >= 4 is 17.7 Å². The standard InChI is InChI=1S/C13H22N4O2S/c1-3-11-14-15-13(20-9-12(18)19)17(11)10-6-5-7-16(4-2)8-10/h10H,3-9H2,1-2H3,(H,18,19). The highest BCUT2D eigenvalue weighted by atomic mass is 32.2. The van der Waals surface area contributed by atoms with Gasteiger partial charge in [0.2, 0.25) is 0 Å². The SMILES string of the molecule is CCc1nnc(SCC(=O)O)n1C1CCCN(CC)C1. The molecule has 0 spiro atoms. The van der Waals surface area contributed by atoms with E-state index in [1.54, 1.807) is 0 Å². The fourth-order valence-corrected chi connectivity index (χ4v) is 3.41. The van der Waals surface area contributed by atoms with Crippen molar-refractivity contribution in [2.24, 2.45) is 0 Å². The Balaban J connectivity index is 2.18. The molecule has 1 aliphatic rings. The second-order valence-electron chi connectivity index (χ2n) is 4.99. The van der Waals surface area contributed by atoms with Gasteiger partial charge in [-0.2, -0.15) is 0 Å². The van der Waals surface area contributed by atoms with Crippen LogP contribution in [0.4, 0.5) is 0 Å². The lowest BCUT2D eigenvalue weighted by atomic mass is 10.1. The molecule has 0 saturated carbocycles. The van der Waals surface area contributed by atoms with E-state index in [1.165, 1.54) is 18.2 Å². The molecule has 1 aliphatic heterocycles. The zero-order valence-corrected chi connectivity index (χ0v) is 12.9. The highest BCUT2D eigenvalue weighted by molar-refractivity contribution is 7.99. The van der Waals surface area contributed by atoms with Crippen LogP contribution in [-0.2, 0) is 11.2 Å². The third-order valence-electron chi connectivity index (χ3n) is 3.67. The summed E-state index contributed by atoms with van der Waals surface area (Å²) in [4.78, 5) is 13.2. The van der Waals surface area contributed by atoms with Crippen molar-refractivity contribution in [1.82, 2.24) is 19.7 Å². The number of aliphatic carboxylic acids is 1. The Hall–Kier alpha value is -1.08. The lowest BCUT2D eigenvalue weighted by Crippen LogP contribution is -2.37. The molecule has 1 aromatic rings. The first-order valence-electron chi connectivity index (χ1n) is 7.16. The largest absolute Gasteiger partial charge is 0.481 e. The van der Waals surface area contributed by atoms with Gasteiger partial charge in [-0.15, -0.1) is 10.2 Å². The molecule has 0 radical (unpaired) electrons. The van der Waals surface area contributed by atoms with Gasteiger partial charge in [0.1, 0.15) is 5.82 Å². The second kappa shape index (κ2) is 7.08. The molecule has 112 valence electrons. The molecule has 1 aromatic heterocycles. The molecule has 6 nitrogen and oxygen atoms in total. The number of likely N-dealkylation sites (N-methyl/N-ethyl adjacent to an activating group) is 1. The minimum Gasteiger partial charge on any atom is -0.481 e. The minimum absolute atomic E-state index is 0.0338. The fraction of sp³-hybridized carbons (Fsp3) is 0.769. The van der Waals surface area contributed by atoms with Crippen LogP contribution < -0.4 is 0 Å². The maximum absolute atomic E-state index is 10.7. The van der Waals surface area contributed by atoms with Crippen LogP contribution in [0.2, 0.25) is 0 Å². The molecule has 7 heteroatoms. The van der Waals surface area contributed by atoms with Gasteiger partial charge in [0.25, 0.3) is 0 Å². The molecule has 0 bridgehead atoms. The highest BCUT2D eigenvalue weighted by Gasteiger charge is 2.25. The number of carboxylic acids is 1. The van der Waals surface area contributed by atoms with Crippen molar-refractivity contribution in [3.63, 3.8) is 0 Å². The van der Waals surface area contributed by atoms with Crippen molar-refractivity contribution in [2.45, 2.75) is 44.3 Å². The van der Waals surface area contributed by atoms with Gasteiger partial charge in [-0.3, -0.25) is 4.79 Å². The van der Waals surface area contributed by atoms with E-state index in [9.17, 15) is 4.79 Å². The average Bonchev–Trinajstić information content (AvgIpc) is 2.88. The summed E-state index contributed by atoms with van der Waals surface area (Å²) in [5.74, 6) is 0.175. The van der Waals surface area contributed by atoms with E-state index in [0.717, 1.165) is 43.5 Å². The number of piperidine rings is 1. The summed E-state index contributed by atoms with van der Waals surface area (Å²) in [5, 5.41) is 18.0. The van der Waals surface area contributed by atoms with E-state index in [4.69, 9.17) is 5.11 Å². The zero-order valence-electron chi connectivity index (χ0n) is 12.1. The number of nitrogens with zero attached hydrogens (tertiary/aromatic N) is 4. The molecule has 1 N–H and O–H groups in total. The quantitative estimate of drug-likeness (QED) is 0.806. The average molecular weight is 298 g/mol. The lowest BCUT2D eigenvalue weighted by Gasteiger charge is -2.33. The Bertz CT molecular complexity index is 463. The summed E-state index contributed by atoms with van der Waals surface area (Å²) in [6.07, 6.45) is 3.11. The van der Waals surface area contributed by atoms with Gasteiger partial charge in [-0.05, 0) is 25.9 Å². The smallest absolute Gasteiger partial charge is 0.313 e. The lowest BCUT2D eigenvalue weighted by molar-refractivity contribution is -0.133. The van der Waals surface area contributed by atoms with Gasteiger partial charge in [0.05, 0.1) is 11.8 Å². The number of hydrogen-bond donors (Lipinski definition) is 1. The van der Waals surface area contributed by atoms with Gasteiger partial charge in [-0.25, -0.2) is 0 Å². The molecule has 1 atom stereocenters. The van der Waals surface area contributed by atoms with Crippen LogP contribution >= 0.6 is 11.8 Å². The fourth-order valence-electron chi connectivity index (χ4n) is 2.67. The Labute approximate surface area is 123 Å². The molecule has 0 amide bonds. The number of carbonyl (C=O) groups is 1. The van der Waals surface area contributed by atoms with E-state index in [0.29, 0.717) is 6.04 Å². The topological polar surface area (TPSA) is 71.2 Å². The molecule has 0 aliphatic carbocycles. The van der Waals surface area contributed by atoms with Crippen LogP contribution in [0.5, 0.6) is 0 Å². The van der Waals surface area contributed by atoms with E-state index >= 15 is 0 Å². The van der Waals surface area contributed by atoms with E-state index in [-0.39, 0.29) is 5.75 Å². The molecule has 1 fully saturated rings. The highest BCUT2D eigenvalue weighted by Crippen LogP contribution is 2.28. The Morgan fingerprint density at radius 3 is 2.90 bits per heavy atom. The number of aromatic nitrogens is 3. The first-order valence-corrected chi connectivity index (χ1v) is 8.15. The van der Waals surface area contributed by atoms with Crippen molar-refractivity contribution in [3.8, 4) is 0 Å². The van der Waals surface area contributed by atoms with Crippen LogP contribution in [0.1, 0.15) is 38.6 Å². The predicted octanol–water partition coefficient (Wildman–Crippen LogP) is 1.67. The number of aryl methyl sites for hydroxylation is 1. The van der Waals surface area contributed by atoms with Gasteiger partial charge in [-0.1, -0.05) is 25.6 Å². The Morgan fingerprint density at radius 1 is 1.45 bits per heavy atom. The van der Waals surface area contributed by atoms with Gasteiger partial charge >= 0.3 is 5.97 Å². The van der Waals surface area contributed by atoms with Crippen LogP contribution in [0.3, 0.4) is 0 Å². The van der Waals surface area contributed by atoms with Crippen LogP contribution in [0.25, 0.3) is 0 Å². The van der Waals surface area contributed by atoms with Gasteiger partial charge in [0, 0.05) is 13.0 Å². The minimum atomic E-state index is -0.818. The van der Waals surface area contributed by atoms with Crippen molar-refractivity contribution < 1.29 is 9.90 Å². The summed E-state index contributed by atoms with van der Waals surface area (Å²) in [7, 11) is 0. The molecule has 0 aromatic carbocycles. The van der Waals surface area contributed by atoms with E-state index < -0.39 is 5.97 Å². The van der Waals surface area contributed by atoms with E-state index in [2.05, 4.69) is 33.5 Å². The van der Waals surface area contributed by atoms with Crippen molar-refractivity contribution in [1.29, 1.82) is 0 Å². The molecular formula is C13H22N4O2S. The summed E-state index contributed by atoms with van der Waals surface area (Å²) in [6.45, 7) is 7.44. The maximum atomic E-state index is 10.7. The summed E-state index contributed by atoms with van der Waals surface area (Å²) >= 11 is 1.27. The summed E-state index contributed by atoms with van der Waals surface area (Å²) in [5.41, 5.74) is 0. The molecule has 20 heavy (non-hydrogen) atoms. The van der Waals surface area contributed by atoms with Gasteiger partial charge < -0.3 is 14.6 Å². The van der Waals surface area contributed by atoms with Crippen LogP contribution in [-0.4, -0.2) is 56.1 Å². The summed E-state index contributed by atoms with van der Waals surface area (Å²) in [6, 6.07) is 0.366. The summed E-state index contributed by atoms with van der Waals surface area (Å²) < 4.78 is 2.16. The molecule has 1 saturated heterocycles. The van der Waals surface area contributed by atoms with Crippen molar-refractivity contribution in [2.75, 3.05) is 25.4 Å². The van der Waals surface area contributed by atoms with Crippen LogP contribution in [0, 0.1) is 0 Å². The van der Waals surface area contributed by atoms with Crippen LogP contribution in [0.15, 0.2) is 5.16 Å². The number of thioether (sulfide) groups is 1. The van der Waals surface area contributed by atoms with E-state index in [1.807, 2.05) is 0 Å². The number of carboxylic acid groups (broad SMARTS) is 1. The zero-order chi connectivity index (χ0) is 14.5. The predicted molar refractivity (Wildman–Crippen MR) is 78.1 cm³/mol. The third kappa shape index (κ3) is 3.52. The molecular weight excluding hydrogens is 276 g/mol. The third-order valence-corrected chi connectivity index (χ3v) is 4.60. The molecule has 2 rings (SSSR count).